The number of fused-ring (bicyclic) bond motifs is 1. The molecule has 0 nitrogen and oxygen atoms in total. The van der Waals surface area contributed by atoms with Crippen molar-refractivity contribution in [3.8, 4) is 0 Å². The van der Waals surface area contributed by atoms with E-state index in [2.05, 4.69) is 104 Å². The second-order valence-corrected chi connectivity index (χ2v) is 53.1. The molecule has 160 valence electrons. The summed E-state index contributed by atoms with van der Waals surface area (Å²) in [5, 5.41) is 2.76. The van der Waals surface area contributed by atoms with Gasteiger partial charge in [-0.2, -0.15) is 0 Å². The van der Waals surface area contributed by atoms with Gasteiger partial charge >= 0.3 is 0 Å². The maximum Gasteiger partial charge on any atom is 0.00837 e. The van der Waals surface area contributed by atoms with Crippen molar-refractivity contribution in [3.05, 3.63) is 0 Å². The van der Waals surface area contributed by atoms with Crippen LogP contribution in [-0.2, 0) is 25.8 Å². The van der Waals surface area contributed by atoms with Crippen molar-refractivity contribution in [1.82, 2.24) is 0 Å². The molecule has 0 saturated carbocycles. The van der Waals surface area contributed by atoms with Gasteiger partial charge in [0.25, 0.3) is 0 Å². The van der Waals surface area contributed by atoms with E-state index in [1.165, 1.54) is 0 Å². The molecule has 0 aliphatic rings. The molecule has 0 N–H and O–H groups in total. The molecule has 27 heavy (non-hydrogen) atoms. The van der Waals surface area contributed by atoms with Crippen LogP contribution in [0.25, 0.3) is 0 Å². The Morgan fingerprint density at radius 1 is 0.259 bits per heavy atom. The van der Waals surface area contributed by atoms with Crippen molar-refractivity contribution in [2.75, 3.05) is 0 Å². The first-order valence-corrected chi connectivity index (χ1v) is 25.3. The molecule has 6 atom stereocenters. The van der Waals surface area contributed by atoms with Crippen LogP contribution in [0, 0.1) is 0 Å². The summed E-state index contributed by atoms with van der Waals surface area (Å²) in [6.45, 7) is 40.4. The molecule has 0 radical (unpaired) electrons. The topological polar surface area (TPSA) is 0 Å². The molecule has 0 bridgehead atoms. The SMILES string of the molecule is CC(C)(C)p1p(C(C)(C)C)p2p(C(C)(C)C)p(C(C)(C)C)p2p1C(C)(C)C. The van der Waals surface area contributed by atoms with Crippen molar-refractivity contribution >= 4 is 47.2 Å². The van der Waals surface area contributed by atoms with Crippen LogP contribution in [0.2, 0.25) is 0 Å². The van der Waals surface area contributed by atoms with Crippen molar-refractivity contribution in [2.24, 2.45) is 0 Å². The van der Waals surface area contributed by atoms with Crippen molar-refractivity contribution in [1.29, 1.82) is 0 Å². The second-order valence-electron chi connectivity index (χ2n) is 12.8. The molecule has 7 heteroatoms. The lowest BCUT2D eigenvalue weighted by atomic mass is 10.3. The fourth-order valence-corrected chi connectivity index (χ4v) is 165. The Morgan fingerprint density at radius 2 is 0.407 bits per heavy atom. The molecule has 2 heterocycles. The maximum atomic E-state index is 2.63. The van der Waals surface area contributed by atoms with Gasteiger partial charge in [0.15, 0.2) is 0 Å². The smallest absolute Gasteiger partial charge is 0.00837 e. The Bertz CT molecular complexity index is 777. The minimum absolute atomic E-state index is 0.167. The van der Waals surface area contributed by atoms with Crippen LogP contribution in [0.1, 0.15) is 104 Å². The monoisotopic (exact) mass is 502 g/mol. The Balaban J connectivity index is 3.26. The zero-order valence-corrected chi connectivity index (χ0v) is 26.9. The van der Waals surface area contributed by atoms with Gasteiger partial charge in [-0.25, -0.2) is 0 Å². The van der Waals surface area contributed by atoms with E-state index in [0.717, 1.165) is 0 Å². The standard InChI is InChI=1S/C20H45P7/c1-16(2,3)21-22(17(4,5)6)26-24(19(10,11)12)25(20(13,14)15)27(26)23(21)18(7,8)9/h1-15H3. The van der Waals surface area contributed by atoms with Gasteiger partial charge in [0.2, 0.25) is 0 Å². The zero-order chi connectivity index (χ0) is 21.5. The van der Waals surface area contributed by atoms with Gasteiger partial charge in [-0.15, -0.1) is 0 Å². The van der Waals surface area contributed by atoms with Crippen LogP contribution in [-0.4, -0.2) is 0 Å². The second kappa shape index (κ2) is 7.32. The van der Waals surface area contributed by atoms with E-state index < -0.39 is 0 Å². The quantitative estimate of drug-likeness (QED) is 0.336. The van der Waals surface area contributed by atoms with Crippen LogP contribution in [0.3, 0.4) is 0 Å². The highest BCUT2D eigenvalue weighted by Crippen LogP contribution is 3.09. The lowest BCUT2D eigenvalue weighted by Gasteiger charge is -2.39. The van der Waals surface area contributed by atoms with Crippen LogP contribution < -0.4 is 0 Å². The molecule has 0 saturated heterocycles. The zero-order valence-electron chi connectivity index (χ0n) is 20.6. The first-order valence-electron chi connectivity index (χ1n) is 10.2. The minimum atomic E-state index is 0.167. The minimum Gasteiger partial charge on any atom is -0.0684 e. The van der Waals surface area contributed by atoms with E-state index in [-0.39, 0.29) is 34.4 Å². The summed E-state index contributed by atoms with van der Waals surface area (Å²) in [4.78, 5) is 0. The van der Waals surface area contributed by atoms with Gasteiger partial charge in [0, 0.05) is 25.8 Å². The first-order chi connectivity index (χ1) is 11.6. The number of hydrogen-bond donors (Lipinski definition) is 0. The van der Waals surface area contributed by atoms with Gasteiger partial charge in [0.05, 0.1) is 0 Å². The van der Waals surface area contributed by atoms with E-state index in [1.54, 1.807) is 0 Å². The molecule has 0 aliphatic carbocycles. The average molecular weight is 502 g/mol. The summed E-state index contributed by atoms with van der Waals surface area (Å²) in [6.07, 6.45) is 0.643. The van der Waals surface area contributed by atoms with E-state index in [9.17, 15) is 0 Å². The predicted octanol–water partition coefficient (Wildman–Crippen LogP) is 13.2. The van der Waals surface area contributed by atoms with Crippen molar-refractivity contribution in [3.63, 3.8) is 0 Å². The van der Waals surface area contributed by atoms with Crippen LogP contribution in [0.15, 0.2) is 0 Å². The molecule has 0 spiro atoms. The van der Waals surface area contributed by atoms with Crippen LogP contribution in [0.5, 0.6) is 0 Å². The maximum absolute atomic E-state index is 2.63. The molecule has 0 amide bonds. The molecule has 0 aromatic carbocycles. The van der Waals surface area contributed by atoms with Gasteiger partial charge in [-0.3, -0.25) is 0 Å². The highest BCUT2D eigenvalue weighted by Gasteiger charge is 2.43. The van der Waals surface area contributed by atoms with Gasteiger partial charge in [-0.1, -0.05) is 138 Å². The highest BCUT2D eigenvalue weighted by molar-refractivity contribution is 8.96. The molecular weight excluding hydrogens is 457 g/mol. The summed E-state index contributed by atoms with van der Waals surface area (Å²) >= 11 is 0. The van der Waals surface area contributed by atoms with E-state index in [4.69, 9.17) is 0 Å². The third-order valence-electron chi connectivity index (χ3n) is 4.38. The Morgan fingerprint density at radius 3 is 0.556 bits per heavy atom. The normalized spacial score (nSPS) is 19.9. The van der Waals surface area contributed by atoms with E-state index in [1.807, 2.05) is 0 Å². The van der Waals surface area contributed by atoms with Crippen molar-refractivity contribution < 1.29 is 0 Å². The van der Waals surface area contributed by atoms with Crippen molar-refractivity contribution in [2.45, 2.75) is 130 Å². The van der Waals surface area contributed by atoms with Gasteiger partial charge < -0.3 is 0 Å². The van der Waals surface area contributed by atoms with E-state index >= 15 is 0 Å². The van der Waals surface area contributed by atoms with Crippen LogP contribution >= 0.6 is 47.2 Å². The van der Waals surface area contributed by atoms with Crippen LogP contribution in [0.4, 0.5) is 0 Å². The molecule has 2 aromatic rings. The average Bonchev–Trinajstić information content (AvgIpc) is 2.54. The molecule has 2 aromatic heterocycles. The number of hydrogen-bond acceptors (Lipinski definition) is 0. The number of rotatable bonds is 0. The van der Waals surface area contributed by atoms with E-state index in [0.29, 0.717) is 38.5 Å². The molecule has 2 rings (SSSR count). The fourth-order valence-electron chi connectivity index (χ4n) is 3.59. The van der Waals surface area contributed by atoms with Gasteiger partial charge in [0.1, 0.15) is 0 Å². The molecule has 6 unspecified atom stereocenters. The third-order valence-corrected chi connectivity index (χ3v) is 93.9. The summed E-state index contributed by atoms with van der Waals surface area (Å²) in [6, 6.07) is 0. The molecular formula is C20H45P7. The molecule has 0 fully saturated rings. The summed E-state index contributed by atoms with van der Waals surface area (Å²) in [5.41, 5.74) is 0. The Kier molecular flexibility index (Phi) is 6.87. The predicted molar refractivity (Wildman–Crippen MR) is 146 cm³/mol. The Labute approximate surface area is 176 Å². The lowest BCUT2D eigenvalue weighted by molar-refractivity contribution is 0.707. The molecule has 0 aliphatic heterocycles. The van der Waals surface area contributed by atoms with Gasteiger partial charge in [-0.05, 0) is 12.7 Å². The summed E-state index contributed by atoms with van der Waals surface area (Å²) in [5.74, 6) is 0. The largest absolute Gasteiger partial charge is 0.0684 e. The summed E-state index contributed by atoms with van der Waals surface area (Å²) < 4.78 is 0. The summed E-state index contributed by atoms with van der Waals surface area (Å²) in [7, 11) is 0. The Hall–Kier alpha value is 2.10. The lowest BCUT2D eigenvalue weighted by Crippen LogP contribution is -2.06. The highest BCUT2D eigenvalue weighted by atomic mass is 32.9. The third kappa shape index (κ3) is 4.66. The first kappa shape index (κ1) is 25.4. The fraction of sp³-hybridized carbons (Fsp3) is 1.00.